The molecule has 216 valence electrons. The average Bonchev–Trinajstić information content (AvgIpc) is 2.96. The molecule has 4 rings (SSSR count). The van der Waals surface area contributed by atoms with Gasteiger partial charge in [0, 0.05) is 26.2 Å². The monoisotopic (exact) mass is 547 g/mol. The third kappa shape index (κ3) is 7.09. The summed E-state index contributed by atoms with van der Waals surface area (Å²) < 4.78 is 0. The maximum atomic E-state index is 14.0. The average molecular weight is 548 g/mol. The predicted molar refractivity (Wildman–Crippen MR) is 158 cm³/mol. The highest BCUT2D eigenvalue weighted by Crippen LogP contribution is 2.30. The van der Waals surface area contributed by atoms with Crippen molar-refractivity contribution in [2.24, 2.45) is 5.92 Å². The van der Waals surface area contributed by atoms with E-state index in [1.807, 2.05) is 26.0 Å². The van der Waals surface area contributed by atoms with Crippen molar-refractivity contribution in [1.82, 2.24) is 25.8 Å². The van der Waals surface area contributed by atoms with Crippen molar-refractivity contribution in [3.8, 4) is 0 Å². The fraction of sp³-hybridized carbons (Fsp3) is 0.531. The van der Waals surface area contributed by atoms with E-state index in [1.54, 1.807) is 18.9 Å². The van der Waals surface area contributed by atoms with Gasteiger partial charge in [-0.25, -0.2) is 0 Å². The highest BCUT2D eigenvalue weighted by molar-refractivity contribution is 5.93. The first-order valence-electron chi connectivity index (χ1n) is 14.6. The van der Waals surface area contributed by atoms with Gasteiger partial charge in [0.25, 0.3) is 0 Å². The molecular weight excluding hydrogens is 502 g/mol. The van der Waals surface area contributed by atoms with Gasteiger partial charge in [0.15, 0.2) is 0 Å². The summed E-state index contributed by atoms with van der Waals surface area (Å²) in [5, 5.41) is 9.17. The van der Waals surface area contributed by atoms with E-state index in [1.165, 1.54) is 22.3 Å². The lowest BCUT2D eigenvalue weighted by Gasteiger charge is -2.43. The number of carbonyl (C=O) groups excluding carboxylic acids is 3. The summed E-state index contributed by atoms with van der Waals surface area (Å²) in [7, 11) is 1.72. The molecule has 1 heterocycles. The van der Waals surface area contributed by atoms with E-state index in [9.17, 15) is 14.4 Å². The van der Waals surface area contributed by atoms with Crippen LogP contribution in [0.15, 0.2) is 48.5 Å². The van der Waals surface area contributed by atoms with Crippen LogP contribution >= 0.6 is 0 Å². The second kappa shape index (κ2) is 13.4. The van der Waals surface area contributed by atoms with Crippen LogP contribution in [0.2, 0.25) is 0 Å². The largest absolute Gasteiger partial charge is 0.347 e. The van der Waals surface area contributed by atoms with Gasteiger partial charge in [-0.1, -0.05) is 67.9 Å². The van der Waals surface area contributed by atoms with Gasteiger partial charge in [-0.3, -0.25) is 19.3 Å². The molecule has 1 unspecified atom stereocenters. The van der Waals surface area contributed by atoms with Gasteiger partial charge < -0.3 is 20.9 Å². The van der Waals surface area contributed by atoms with Crippen LogP contribution in [0.1, 0.15) is 61.9 Å². The number of fused-ring (bicyclic) bond motifs is 1. The van der Waals surface area contributed by atoms with Gasteiger partial charge in [0.05, 0.1) is 12.1 Å². The Morgan fingerprint density at radius 3 is 2.42 bits per heavy atom. The number of rotatable bonds is 9. The zero-order valence-corrected chi connectivity index (χ0v) is 24.6. The molecule has 8 nitrogen and oxygen atoms in total. The molecule has 0 spiro atoms. The molecule has 0 aromatic heterocycles. The van der Waals surface area contributed by atoms with Crippen LogP contribution in [0.25, 0.3) is 0 Å². The lowest BCUT2D eigenvalue weighted by molar-refractivity contribution is -0.148. The first-order chi connectivity index (χ1) is 19.2. The first-order valence-corrected chi connectivity index (χ1v) is 14.6. The summed E-state index contributed by atoms with van der Waals surface area (Å²) in [6, 6.07) is 14.9. The van der Waals surface area contributed by atoms with Crippen molar-refractivity contribution in [2.45, 2.75) is 77.7 Å². The molecular formula is C32H45N5O3. The lowest BCUT2D eigenvalue weighted by atomic mass is 9.87. The molecule has 2 aliphatic rings. The summed E-state index contributed by atoms with van der Waals surface area (Å²) in [6.07, 6.45) is 2.91. The fourth-order valence-electron chi connectivity index (χ4n) is 5.70. The molecule has 0 saturated carbocycles. The van der Waals surface area contributed by atoms with Crippen LogP contribution in [-0.2, 0) is 27.3 Å². The molecule has 1 aliphatic carbocycles. The van der Waals surface area contributed by atoms with Crippen LogP contribution in [0.4, 0.5) is 0 Å². The Balaban J connectivity index is 1.56. The SMILES string of the molecule is CN[C@@H](C)C(=O)N[C@H](C(=O)N1CCN(Cc2ccc(C)cc2)C[C@H]1C(=O)NC1CCCc2ccccc21)C(C)C. The number of hydrogen-bond acceptors (Lipinski definition) is 5. The van der Waals surface area contributed by atoms with Crippen molar-refractivity contribution in [1.29, 1.82) is 0 Å². The minimum atomic E-state index is -0.711. The summed E-state index contributed by atoms with van der Waals surface area (Å²) in [4.78, 5) is 44.6. The molecule has 0 radical (unpaired) electrons. The zero-order chi connectivity index (χ0) is 28.8. The summed E-state index contributed by atoms with van der Waals surface area (Å²) in [5.41, 5.74) is 4.83. The Labute approximate surface area is 238 Å². The van der Waals surface area contributed by atoms with E-state index < -0.39 is 18.1 Å². The lowest BCUT2D eigenvalue weighted by Crippen LogP contribution is -2.64. The number of aryl methyl sites for hydroxylation is 2. The number of piperazine rings is 1. The minimum absolute atomic E-state index is 0.0704. The third-order valence-corrected chi connectivity index (χ3v) is 8.32. The Bertz CT molecular complexity index is 1180. The normalized spacial score (nSPS) is 20.9. The van der Waals surface area contributed by atoms with E-state index in [-0.39, 0.29) is 29.7 Å². The topological polar surface area (TPSA) is 93.8 Å². The molecule has 1 saturated heterocycles. The zero-order valence-electron chi connectivity index (χ0n) is 24.6. The summed E-state index contributed by atoms with van der Waals surface area (Å²) >= 11 is 0. The summed E-state index contributed by atoms with van der Waals surface area (Å²) in [5.74, 6) is -0.695. The van der Waals surface area contributed by atoms with Crippen LogP contribution in [0, 0.1) is 12.8 Å². The van der Waals surface area contributed by atoms with Crippen molar-refractivity contribution in [3.63, 3.8) is 0 Å². The van der Waals surface area contributed by atoms with Gasteiger partial charge >= 0.3 is 0 Å². The molecule has 3 N–H and O–H groups in total. The van der Waals surface area contributed by atoms with E-state index >= 15 is 0 Å². The minimum Gasteiger partial charge on any atom is -0.347 e. The first kappa shape index (κ1) is 29.7. The fourth-order valence-corrected chi connectivity index (χ4v) is 5.70. The molecule has 2 aromatic rings. The van der Waals surface area contributed by atoms with E-state index in [2.05, 4.69) is 64.2 Å². The van der Waals surface area contributed by atoms with Gasteiger partial charge in [0.2, 0.25) is 17.7 Å². The van der Waals surface area contributed by atoms with Gasteiger partial charge in [-0.2, -0.15) is 0 Å². The molecule has 4 atom stereocenters. The van der Waals surface area contributed by atoms with E-state index in [0.717, 1.165) is 19.3 Å². The molecule has 1 fully saturated rings. The molecule has 3 amide bonds. The quantitative estimate of drug-likeness (QED) is 0.449. The van der Waals surface area contributed by atoms with Gasteiger partial charge in [-0.15, -0.1) is 0 Å². The highest BCUT2D eigenvalue weighted by Gasteiger charge is 2.40. The van der Waals surface area contributed by atoms with Crippen LogP contribution in [0.3, 0.4) is 0 Å². The van der Waals surface area contributed by atoms with Crippen molar-refractivity contribution >= 4 is 17.7 Å². The predicted octanol–water partition coefficient (Wildman–Crippen LogP) is 2.95. The third-order valence-electron chi connectivity index (χ3n) is 8.32. The Kier molecular flexibility index (Phi) is 9.98. The smallest absolute Gasteiger partial charge is 0.246 e. The van der Waals surface area contributed by atoms with Crippen molar-refractivity contribution in [2.75, 3.05) is 26.7 Å². The van der Waals surface area contributed by atoms with Crippen molar-refractivity contribution in [3.05, 3.63) is 70.8 Å². The van der Waals surface area contributed by atoms with Crippen LogP contribution in [-0.4, -0.2) is 72.3 Å². The van der Waals surface area contributed by atoms with E-state index in [4.69, 9.17) is 0 Å². The molecule has 1 aliphatic heterocycles. The maximum Gasteiger partial charge on any atom is 0.246 e. The number of hydrogen-bond donors (Lipinski definition) is 3. The highest BCUT2D eigenvalue weighted by atomic mass is 16.2. The molecule has 2 aromatic carbocycles. The standard InChI is InChI=1S/C32H45N5O3/c1-21(2)29(35-30(38)23(4)33-5)32(40)37-18-17-36(19-24-15-13-22(3)14-16-24)20-28(37)31(39)34-27-12-8-10-25-9-6-7-11-26(25)27/h6-7,9,11,13-16,21,23,27-29,33H,8,10,12,17-20H2,1-5H3,(H,34,39)(H,35,38)/t23-,27?,28-,29-/m0/s1. The van der Waals surface area contributed by atoms with Gasteiger partial charge in [-0.05, 0) is 62.8 Å². The number of nitrogens with zero attached hydrogens (tertiary/aromatic N) is 2. The Morgan fingerprint density at radius 2 is 1.73 bits per heavy atom. The number of amides is 3. The Morgan fingerprint density at radius 1 is 1.00 bits per heavy atom. The number of benzene rings is 2. The molecule has 40 heavy (non-hydrogen) atoms. The second-order valence-electron chi connectivity index (χ2n) is 11.7. The second-order valence-corrected chi connectivity index (χ2v) is 11.7. The Hall–Kier alpha value is -3.23. The van der Waals surface area contributed by atoms with Crippen LogP contribution in [0.5, 0.6) is 0 Å². The number of carbonyl (C=O) groups is 3. The van der Waals surface area contributed by atoms with Crippen LogP contribution < -0.4 is 16.0 Å². The maximum absolute atomic E-state index is 14.0. The molecule has 0 bridgehead atoms. The van der Waals surface area contributed by atoms with Crippen molar-refractivity contribution < 1.29 is 14.4 Å². The summed E-state index contributed by atoms with van der Waals surface area (Å²) in [6.45, 7) is 9.90. The van der Waals surface area contributed by atoms with Gasteiger partial charge in [0.1, 0.15) is 12.1 Å². The number of likely N-dealkylation sites (N-methyl/N-ethyl adjacent to an activating group) is 1. The number of nitrogens with one attached hydrogen (secondary N) is 3. The van der Waals surface area contributed by atoms with E-state index in [0.29, 0.717) is 26.2 Å². The molecule has 8 heteroatoms.